The van der Waals surface area contributed by atoms with Gasteiger partial charge < -0.3 is 20.8 Å². The molecular formula is C20H19N3O3. The van der Waals surface area contributed by atoms with E-state index in [0.29, 0.717) is 5.69 Å². The Morgan fingerprint density at radius 3 is 1.73 bits per heavy atom. The van der Waals surface area contributed by atoms with Crippen molar-refractivity contribution in [3.05, 3.63) is 71.0 Å². The molecule has 2 aromatic carbocycles. The van der Waals surface area contributed by atoms with Gasteiger partial charge in [0.1, 0.15) is 11.4 Å². The lowest BCUT2D eigenvalue weighted by molar-refractivity contribution is 0.0691. The lowest BCUT2D eigenvalue weighted by Crippen LogP contribution is -2.10. The minimum Gasteiger partial charge on any atom is -0.477 e. The van der Waals surface area contributed by atoms with Crippen LogP contribution in [0.4, 0.5) is 0 Å². The van der Waals surface area contributed by atoms with Crippen molar-refractivity contribution in [3.63, 3.8) is 0 Å². The lowest BCUT2D eigenvalue weighted by atomic mass is 10.2. The number of carbonyl (C=O) groups excluding carboxylic acids is 1. The molecule has 0 spiro atoms. The number of hydrogen-bond acceptors (Lipinski definition) is 2. The highest BCUT2D eigenvalue weighted by Gasteiger charge is 2.06. The van der Waals surface area contributed by atoms with Crippen molar-refractivity contribution in [2.24, 2.45) is 5.73 Å². The van der Waals surface area contributed by atoms with Crippen LogP contribution in [0.1, 0.15) is 32.1 Å². The fraction of sp³-hybridized carbons (Fsp3) is 0.100. The summed E-state index contributed by atoms with van der Waals surface area (Å²) in [6.07, 6.45) is 0. The first-order valence-corrected chi connectivity index (χ1v) is 8.05. The Labute approximate surface area is 149 Å². The number of hydrogen-bond donors (Lipinski definition) is 4. The number of nitrogens with one attached hydrogen (secondary N) is 2. The number of aromatic nitrogens is 2. The van der Waals surface area contributed by atoms with E-state index in [1.54, 1.807) is 12.1 Å². The topological polar surface area (TPSA) is 112 Å². The third-order valence-corrected chi connectivity index (χ3v) is 4.05. The summed E-state index contributed by atoms with van der Waals surface area (Å²) in [4.78, 5) is 27.2. The Morgan fingerprint density at radius 2 is 1.27 bits per heavy atom. The van der Waals surface area contributed by atoms with E-state index in [1.807, 2.05) is 50.2 Å². The van der Waals surface area contributed by atoms with Crippen molar-refractivity contribution in [1.82, 2.24) is 9.97 Å². The molecule has 6 nitrogen and oxygen atoms in total. The molecule has 0 atom stereocenters. The molecule has 26 heavy (non-hydrogen) atoms. The van der Waals surface area contributed by atoms with Gasteiger partial charge >= 0.3 is 5.97 Å². The monoisotopic (exact) mass is 349 g/mol. The SMILES string of the molecule is Cc1ccc2[nH]c(C(=O)O)cc2c1.Cc1ccc2[nH]c(C(N)=O)cc2c1. The number of fused-ring (bicyclic) bond motifs is 2. The molecule has 1 amide bonds. The van der Waals surface area contributed by atoms with Crippen LogP contribution >= 0.6 is 0 Å². The number of carbonyl (C=O) groups is 2. The second-order valence-electron chi connectivity index (χ2n) is 6.22. The van der Waals surface area contributed by atoms with E-state index >= 15 is 0 Å². The first-order chi connectivity index (χ1) is 12.3. The van der Waals surface area contributed by atoms with E-state index in [4.69, 9.17) is 10.8 Å². The van der Waals surface area contributed by atoms with Crippen LogP contribution in [0.15, 0.2) is 48.5 Å². The predicted octanol–water partition coefficient (Wildman–Crippen LogP) is 3.75. The molecule has 5 N–H and O–H groups in total. The van der Waals surface area contributed by atoms with E-state index in [2.05, 4.69) is 9.97 Å². The second kappa shape index (κ2) is 6.76. The number of aryl methyl sites for hydroxylation is 2. The maximum absolute atomic E-state index is 10.8. The number of carboxylic acids is 1. The Hall–Kier alpha value is -3.54. The quantitative estimate of drug-likeness (QED) is 0.442. The number of aromatic carboxylic acids is 1. The normalized spacial score (nSPS) is 10.5. The molecule has 0 unspecified atom stereocenters. The maximum Gasteiger partial charge on any atom is 0.352 e. The minimum absolute atomic E-state index is 0.237. The van der Waals surface area contributed by atoms with Gasteiger partial charge in [0.15, 0.2) is 0 Å². The zero-order valence-electron chi connectivity index (χ0n) is 14.5. The average molecular weight is 349 g/mol. The minimum atomic E-state index is -0.922. The third-order valence-electron chi connectivity index (χ3n) is 4.05. The molecule has 2 aromatic heterocycles. The van der Waals surface area contributed by atoms with Crippen molar-refractivity contribution in [2.75, 3.05) is 0 Å². The highest BCUT2D eigenvalue weighted by atomic mass is 16.4. The van der Waals surface area contributed by atoms with Gasteiger partial charge in [-0.2, -0.15) is 0 Å². The molecule has 4 aromatic rings. The number of amides is 1. The molecule has 0 aliphatic heterocycles. The van der Waals surface area contributed by atoms with Crippen LogP contribution in [0, 0.1) is 13.8 Å². The summed E-state index contributed by atoms with van der Waals surface area (Å²) in [6.45, 7) is 3.99. The van der Waals surface area contributed by atoms with Gasteiger partial charge in [-0.1, -0.05) is 23.3 Å². The largest absolute Gasteiger partial charge is 0.477 e. The maximum atomic E-state index is 10.8. The Morgan fingerprint density at radius 1 is 0.808 bits per heavy atom. The van der Waals surface area contributed by atoms with Crippen LogP contribution in [0.5, 0.6) is 0 Å². The Kier molecular flexibility index (Phi) is 4.49. The van der Waals surface area contributed by atoms with Gasteiger partial charge in [0, 0.05) is 21.8 Å². The highest BCUT2D eigenvalue weighted by Crippen LogP contribution is 2.17. The summed E-state index contributed by atoms with van der Waals surface area (Å²) in [5, 5.41) is 10.7. The molecule has 0 aliphatic rings. The molecule has 132 valence electrons. The summed E-state index contributed by atoms with van der Waals surface area (Å²) in [6, 6.07) is 15.1. The fourth-order valence-electron chi connectivity index (χ4n) is 2.75. The smallest absolute Gasteiger partial charge is 0.352 e. The summed E-state index contributed by atoms with van der Waals surface area (Å²) >= 11 is 0. The second-order valence-corrected chi connectivity index (χ2v) is 6.22. The number of benzene rings is 2. The zero-order chi connectivity index (χ0) is 18.8. The zero-order valence-corrected chi connectivity index (χ0v) is 14.5. The van der Waals surface area contributed by atoms with Gasteiger partial charge in [-0.25, -0.2) is 4.79 Å². The first kappa shape index (κ1) is 17.3. The molecule has 0 aliphatic carbocycles. The van der Waals surface area contributed by atoms with E-state index < -0.39 is 11.9 Å². The Bertz CT molecular complexity index is 1030. The lowest BCUT2D eigenvalue weighted by Gasteiger charge is -1.90. The number of H-pyrrole nitrogens is 2. The van der Waals surface area contributed by atoms with Gasteiger partial charge in [-0.15, -0.1) is 0 Å². The highest BCUT2D eigenvalue weighted by molar-refractivity contribution is 5.97. The van der Waals surface area contributed by atoms with Crippen LogP contribution in [-0.4, -0.2) is 27.0 Å². The molecule has 2 heterocycles. The van der Waals surface area contributed by atoms with Crippen molar-refractivity contribution in [1.29, 1.82) is 0 Å². The molecule has 0 saturated heterocycles. The third kappa shape index (κ3) is 3.59. The molecule has 0 bridgehead atoms. The number of nitrogens with two attached hydrogens (primary N) is 1. The number of primary amides is 1. The molecule has 0 radical (unpaired) electrons. The number of aromatic amines is 2. The molecule has 0 saturated carbocycles. The summed E-state index contributed by atoms with van der Waals surface area (Å²) in [5.74, 6) is -1.34. The number of rotatable bonds is 2. The molecule has 0 fully saturated rings. The van der Waals surface area contributed by atoms with Crippen LogP contribution < -0.4 is 5.73 Å². The van der Waals surface area contributed by atoms with Crippen molar-refractivity contribution in [2.45, 2.75) is 13.8 Å². The summed E-state index contributed by atoms with van der Waals surface area (Å²) < 4.78 is 0. The Balaban J connectivity index is 0.000000151. The molecular weight excluding hydrogens is 330 g/mol. The van der Waals surface area contributed by atoms with E-state index in [0.717, 1.165) is 27.4 Å². The van der Waals surface area contributed by atoms with Crippen LogP contribution in [0.3, 0.4) is 0 Å². The van der Waals surface area contributed by atoms with E-state index in [-0.39, 0.29) is 5.69 Å². The van der Waals surface area contributed by atoms with Gasteiger partial charge in [-0.3, -0.25) is 4.79 Å². The van der Waals surface area contributed by atoms with E-state index in [9.17, 15) is 9.59 Å². The molecule has 6 heteroatoms. The van der Waals surface area contributed by atoms with Gasteiger partial charge in [-0.05, 0) is 50.2 Å². The van der Waals surface area contributed by atoms with Crippen LogP contribution in [-0.2, 0) is 0 Å². The summed E-state index contributed by atoms with van der Waals surface area (Å²) in [5.41, 5.74) is 9.95. The van der Waals surface area contributed by atoms with Crippen molar-refractivity contribution >= 4 is 33.7 Å². The van der Waals surface area contributed by atoms with Crippen molar-refractivity contribution in [3.8, 4) is 0 Å². The fourth-order valence-corrected chi connectivity index (χ4v) is 2.75. The molecule has 4 rings (SSSR count). The first-order valence-electron chi connectivity index (χ1n) is 8.05. The van der Waals surface area contributed by atoms with Gasteiger partial charge in [0.2, 0.25) is 0 Å². The van der Waals surface area contributed by atoms with E-state index in [1.165, 1.54) is 5.56 Å². The number of carboxylic acid groups (broad SMARTS) is 1. The predicted molar refractivity (Wildman–Crippen MR) is 102 cm³/mol. The standard InChI is InChI=1S/C10H10N2O.C10H9NO2/c1-6-2-3-8-7(4-6)5-9(12-8)10(11)13;1-6-2-3-8-7(4-6)5-9(11-8)10(12)13/h2-5,12H,1H3,(H2,11,13);2-5,11H,1H3,(H,12,13). The summed E-state index contributed by atoms with van der Waals surface area (Å²) in [7, 11) is 0. The average Bonchev–Trinajstić information content (AvgIpc) is 3.18. The van der Waals surface area contributed by atoms with Gasteiger partial charge in [0.25, 0.3) is 5.91 Å². The van der Waals surface area contributed by atoms with Gasteiger partial charge in [0.05, 0.1) is 0 Å². The van der Waals surface area contributed by atoms with Crippen LogP contribution in [0.2, 0.25) is 0 Å². The van der Waals surface area contributed by atoms with Crippen molar-refractivity contribution < 1.29 is 14.7 Å². The van der Waals surface area contributed by atoms with Crippen LogP contribution in [0.25, 0.3) is 21.8 Å².